The van der Waals surface area contributed by atoms with Crippen LogP contribution in [0.15, 0.2) is 12.3 Å². The number of ether oxygens (including phenoxy) is 4. The van der Waals surface area contributed by atoms with Gasteiger partial charge in [0.25, 0.3) is 0 Å². The second-order valence-corrected chi connectivity index (χ2v) is 9.00. The van der Waals surface area contributed by atoms with Gasteiger partial charge >= 0.3 is 0 Å². The van der Waals surface area contributed by atoms with Crippen molar-refractivity contribution in [2.45, 2.75) is 142 Å². The molecule has 0 aliphatic carbocycles. The molecule has 0 saturated heterocycles. The van der Waals surface area contributed by atoms with E-state index in [4.69, 9.17) is 18.9 Å². The molecular weight excluding hydrogens is 400 g/mol. The van der Waals surface area contributed by atoms with E-state index in [1.807, 2.05) is 6.08 Å². The molecule has 0 heterocycles. The van der Waals surface area contributed by atoms with E-state index in [-0.39, 0.29) is 6.29 Å². The number of methoxy groups -OCH3 is 1. The average molecular weight is 457 g/mol. The third kappa shape index (κ3) is 25.7. The van der Waals surface area contributed by atoms with Crippen LogP contribution in [0, 0.1) is 0 Å². The number of hydrogen-bond donors (Lipinski definition) is 0. The van der Waals surface area contributed by atoms with Crippen LogP contribution >= 0.6 is 0 Å². The Kier molecular flexibility index (Phi) is 27.9. The SMILES string of the molecule is CCCCCCCCCCOC(CCCC=COCOC)OCCCCCCCCCC. The maximum atomic E-state index is 6.11. The number of rotatable bonds is 27. The fraction of sp³-hybridized carbons (Fsp3) is 0.929. The fourth-order valence-electron chi connectivity index (χ4n) is 3.76. The van der Waals surface area contributed by atoms with Crippen molar-refractivity contribution in [1.82, 2.24) is 0 Å². The molecule has 0 aliphatic heterocycles. The van der Waals surface area contributed by atoms with Crippen LogP contribution in [0.3, 0.4) is 0 Å². The minimum absolute atomic E-state index is 0.0580. The summed E-state index contributed by atoms with van der Waals surface area (Å²) in [6, 6.07) is 0. The van der Waals surface area contributed by atoms with Gasteiger partial charge in [0.05, 0.1) is 6.26 Å². The molecule has 0 atom stereocenters. The monoisotopic (exact) mass is 456 g/mol. The van der Waals surface area contributed by atoms with Crippen molar-refractivity contribution >= 4 is 0 Å². The van der Waals surface area contributed by atoms with Crippen molar-refractivity contribution in [3.63, 3.8) is 0 Å². The van der Waals surface area contributed by atoms with Crippen LogP contribution in [0.4, 0.5) is 0 Å². The predicted molar refractivity (Wildman–Crippen MR) is 137 cm³/mol. The van der Waals surface area contributed by atoms with Gasteiger partial charge in [-0.15, -0.1) is 0 Å². The van der Waals surface area contributed by atoms with Gasteiger partial charge in [-0.3, -0.25) is 0 Å². The summed E-state index contributed by atoms with van der Waals surface area (Å²) in [5.74, 6) is 0. The predicted octanol–water partition coefficient (Wildman–Crippen LogP) is 8.93. The van der Waals surface area contributed by atoms with E-state index in [0.717, 1.165) is 45.3 Å². The van der Waals surface area contributed by atoms with Crippen LogP contribution in [0.25, 0.3) is 0 Å². The van der Waals surface area contributed by atoms with Gasteiger partial charge in [-0.1, -0.05) is 104 Å². The van der Waals surface area contributed by atoms with Gasteiger partial charge in [-0.05, 0) is 38.2 Å². The third-order valence-corrected chi connectivity index (χ3v) is 5.79. The average Bonchev–Trinajstić information content (AvgIpc) is 2.80. The molecule has 0 aromatic heterocycles. The van der Waals surface area contributed by atoms with E-state index in [0.29, 0.717) is 6.79 Å². The molecule has 0 aromatic carbocycles. The molecule has 0 N–H and O–H groups in total. The summed E-state index contributed by atoms with van der Waals surface area (Å²) in [6.45, 7) is 6.50. The Balaban J connectivity index is 3.88. The summed E-state index contributed by atoms with van der Waals surface area (Å²) < 4.78 is 22.3. The van der Waals surface area contributed by atoms with Crippen molar-refractivity contribution < 1.29 is 18.9 Å². The summed E-state index contributed by atoms with van der Waals surface area (Å²) in [5, 5.41) is 0. The first-order chi connectivity index (χ1) is 15.8. The molecule has 4 nitrogen and oxygen atoms in total. The topological polar surface area (TPSA) is 36.9 Å². The van der Waals surface area contributed by atoms with Crippen LogP contribution in [-0.2, 0) is 18.9 Å². The zero-order valence-corrected chi connectivity index (χ0v) is 21.9. The molecule has 0 fully saturated rings. The highest BCUT2D eigenvalue weighted by Gasteiger charge is 2.09. The Labute approximate surface area is 200 Å². The molecule has 0 saturated carbocycles. The first-order valence-electron chi connectivity index (χ1n) is 13.8. The summed E-state index contributed by atoms with van der Waals surface area (Å²) in [5.41, 5.74) is 0. The maximum absolute atomic E-state index is 6.11. The van der Waals surface area contributed by atoms with Gasteiger partial charge in [0.2, 0.25) is 0 Å². The van der Waals surface area contributed by atoms with E-state index in [1.165, 1.54) is 89.9 Å². The Morgan fingerprint density at radius 3 is 1.53 bits per heavy atom. The van der Waals surface area contributed by atoms with Crippen molar-refractivity contribution in [1.29, 1.82) is 0 Å². The standard InChI is InChI=1S/C28H56O4/c1-4-6-8-10-12-14-16-21-25-31-28(23-19-18-20-24-30-27-29-3)32-26-22-17-15-13-11-9-7-5-2/h20,24,28H,4-19,21-23,25-27H2,1-3H3. The summed E-state index contributed by atoms with van der Waals surface area (Å²) in [7, 11) is 1.63. The van der Waals surface area contributed by atoms with E-state index >= 15 is 0 Å². The van der Waals surface area contributed by atoms with Crippen molar-refractivity contribution in [3.05, 3.63) is 12.3 Å². The molecule has 0 amide bonds. The van der Waals surface area contributed by atoms with E-state index in [1.54, 1.807) is 13.4 Å². The molecule has 0 bridgehead atoms. The Morgan fingerprint density at radius 2 is 1.06 bits per heavy atom. The summed E-state index contributed by atoms with van der Waals surface area (Å²) in [6.07, 6.45) is 27.9. The van der Waals surface area contributed by atoms with Gasteiger partial charge < -0.3 is 18.9 Å². The molecule has 32 heavy (non-hydrogen) atoms. The largest absolute Gasteiger partial charge is 0.476 e. The molecule has 0 rings (SSSR count). The summed E-state index contributed by atoms with van der Waals surface area (Å²) in [4.78, 5) is 0. The normalized spacial score (nSPS) is 11.8. The lowest BCUT2D eigenvalue weighted by Gasteiger charge is -2.18. The third-order valence-electron chi connectivity index (χ3n) is 5.79. The Hall–Kier alpha value is -0.580. The van der Waals surface area contributed by atoms with Crippen molar-refractivity contribution in [2.75, 3.05) is 27.1 Å². The molecule has 0 aliphatic rings. The van der Waals surface area contributed by atoms with E-state index < -0.39 is 0 Å². The van der Waals surface area contributed by atoms with Crippen LogP contribution in [-0.4, -0.2) is 33.4 Å². The van der Waals surface area contributed by atoms with Crippen LogP contribution < -0.4 is 0 Å². The van der Waals surface area contributed by atoms with Crippen molar-refractivity contribution in [3.8, 4) is 0 Å². The quantitative estimate of drug-likeness (QED) is 0.0702. The molecule has 0 unspecified atom stereocenters. The maximum Gasteiger partial charge on any atom is 0.187 e. The van der Waals surface area contributed by atoms with Gasteiger partial charge in [-0.2, -0.15) is 0 Å². The number of hydrogen-bond acceptors (Lipinski definition) is 4. The highest BCUT2D eigenvalue weighted by molar-refractivity contribution is 4.73. The zero-order chi connectivity index (χ0) is 23.4. The minimum atomic E-state index is -0.0580. The second-order valence-electron chi connectivity index (χ2n) is 9.00. The second kappa shape index (κ2) is 28.5. The number of allylic oxidation sites excluding steroid dienone is 1. The van der Waals surface area contributed by atoms with Gasteiger partial charge in [0.1, 0.15) is 0 Å². The Morgan fingerprint density at radius 1 is 0.594 bits per heavy atom. The molecule has 0 aromatic rings. The molecule has 192 valence electrons. The molecule has 0 spiro atoms. The lowest BCUT2D eigenvalue weighted by Crippen LogP contribution is -2.19. The molecule has 4 heteroatoms. The lowest BCUT2D eigenvalue weighted by molar-refractivity contribution is -0.147. The minimum Gasteiger partial charge on any atom is -0.476 e. The zero-order valence-electron chi connectivity index (χ0n) is 21.9. The van der Waals surface area contributed by atoms with Crippen LogP contribution in [0.2, 0.25) is 0 Å². The van der Waals surface area contributed by atoms with E-state index in [9.17, 15) is 0 Å². The van der Waals surface area contributed by atoms with Crippen molar-refractivity contribution in [2.24, 2.45) is 0 Å². The van der Waals surface area contributed by atoms with Crippen LogP contribution in [0.5, 0.6) is 0 Å². The smallest absolute Gasteiger partial charge is 0.187 e. The first kappa shape index (κ1) is 31.4. The first-order valence-corrected chi connectivity index (χ1v) is 13.8. The Bertz CT molecular complexity index is 337. The molecule has 0 radical (unpaired) electrons. The van der Waals surface area contributed by atoms with Gasteiger partial charge in [0.15, 0.2) is 13.1 Å². The number of unbranched alkanes of at least 4 members (excludes halogenated alkanes) is 15. The van der Waals surface area contributed by atoms with Gasteiger partial charge in [0, 0.05) is 20.3 Å². The summed E-state index contributed by atoms with van der Waals surface area (Å²) >= 11 is 0. The highest BCUT2D eigenvalue weighted by atomic mass is 16.7. The highest BCUT2D eigenvalue weighted by Crippen LogP contribution is 2.13. The van der Waals surface area contributed by atoms with E-state index in [2.05, 4.69) is 13.8 Å². The van der Waals surface area contributed by atoms with Crippen LogP contribution in [0.1, 0.15) is 136 Å². The van der Waals surface area contributed by atoms with Gasteiger partial charge in [-0.25, -0.2) is 0 Å². The molecular formula is C28H56O4. The lowest BCUT2D eigenvalue weighted by atomic mass is 10.1. The fourth-order valence-corrected chi connectivity index (χ4v) is 3.76.